The van der Waals surface area contributed by atoms with E-state index < -0.39 is 9.84 Å². The number of hydrogen-bond donors (Lipinski definition) is 1. The molecule has 0 radical (unpaired) electrons. The van der Waals surface area contributed by atoms with Crippen LogP contribution in [0.4, 0.5) is 0 Å². The highest BCUT2D eigenvalue weighted by Crippen LogP contribution is 2.33. The first-order valence-corrected chi connectivity index (χ1v) is 8.45. The summed E-state index contributed by atoms with van der Waals surface area (Å²) < 4.78 is 23.7. The summed E-state index contributed by atoms with van der Waals surface area (Å²) in [5, 5.41) is 0. The SMILES string of the molecule is CN(C1CCCC1)C1(CN)CCCS(=O)(=O)C1. The van der Waals surface area contributed by atoms with Gasteiger partial charge in [0.05, 0.1) is 11.5 Å². The van der Waals surface area contributed by atoms with Crippen LogP contribution in [-0.4, -0.2) is 50.0 Å². The fourth-order valence-corrected chi connectivity index (χ4v) is 5.45. The van der Waals surface area contributed by atoms with Gasteiger partial charge in [0.1, 0.15) is 0 Å². The fraction of sp³-hybridized carbons (Fsp3) is 1.00. The van der Waals surface area contributed by atoms with Gasteiger partial charge in [0.25, 0.3) is 0 Å². The third-order valence-electron chi connectivity index (χ3n) is 4.59. The zero-order valence-corrected chi connectivity index (χ0v) is 11.5. The number of nitrogens with zero attached hydrogens (tertiary/aromatic N) is 1. The van der Waals surface area contributed by atoms with Crippen LogP contribution in [0.15, 0.2) is 0 Å². The van der Waals surface area contributed by atoms with E-state index >= 15 is 0 Å². The Morgan fingerprint density at radius 3 is 2.47 bits per heavy atom. The zero-order chi connectivity index (χ0) is 12.5. The van der Waals surface area contributed by atoms with Crippen molar-refractivity contribution < 1.29 is 8.42 Å². The molecule has 100 valence electrons. The molecule has 1 unspecified atom stereocenters. The number of nitrogens with two attached hydrogens (primary N) is 1. The molecular formula is C12H24N2O2S. The van der Waals surface area contributed by atoms with Gasteiger partial charge in [0, 0.05) is 18.1 Å². The minimum Gasteiger partial charge on any atom is -0.329 e. The number of rotatable bonds is 3. The van der Waals surface area contributed by atoms with Crippen LogP contribution in [0.3, 0.4) is 0 Å². The summed E-state index contributed by atoms with van der Waals surface area (Å²) in [6, 6.07) is 0.534. The van der Waals surface area contributed by atoms with E-state index in [1.165, 1.54) is 25.7 Å². The van der Waals surface area contributed by atoms with Gasteiger partial charge in [0.15, 0.2) is 9.84 Å². The summed E-state index contributed by atoms with van der Waals surface area (Å²) >= 11 is 0. The highest BCUT2D eigenvalue weighted by Gasteiger charge is 2.43. The first-order valence-electron chi connectivity index (χ1n) is 6.63. The summed E-state index contributed by atoms with van der Waals surface area (Å²) in [5.74, 6) is 0.594. The Labute approximate surface area is 104 Å². The van der Waals surface area contributed by atoms with Gasteiger partial charge >= 0.3 is 0 Å². The average molecular weight is 260 g/mol. The molecule has 0 spiro atoms. The highest BCUT2D eigenvalue weighted by molar-refractivity contribution is 7.91. The lowest BCUT2D eigenvalue weighted by atomic mass is 9.91. The van der Waals surface area contributed by atoms with E-state index in [0.717, 1.165) is 12.8 Å². The molecule has 1 aliphatic heterocycles. The van der Waals surface area contributed by atoms with E-state index in [-0.39, 0.29) is 11.3 Å². The number of hydrogen-bond acceptors (Lipinski definition) is 4. The van der Waals surface area contributed by atoms with Crippen LogP contribution in [0.25, 0.3) is 0 Å². The summed E-state index contributed by atoms with van der Waals surface area (Å²) in [4.78, 5) is 2.29. The molecular weight excluding hydrogens is 236 g/mol. The van der Waals surface area contributed by atoms with Crippen molar-refractivity contribution in [1.29, 1.82) is 0 Å². The van der Waals surface area contributed by atoms with Gasteiger partial charge in [-0.2, -0.15) is 0 Å². The largest absolute Gasteiger partial charge is 0.329 e. The molecule has 1 saturated carbocycles. The fourth-order valence-electron chi connectivity index (χ4n) is 3.44. The quantitative estimate of drug-likeness (QED) is 0.814. The molecule has 2 N–H and O–H groups in total. The lowest BCUT2D eigenvalue weighted by Gasteiger charge is -2.46. The van der Waals surface area contributed by atoms with Gasteiger partial charge in [-0.1, -0.05) is 12.8 Å². The standard InChI is InChI=1S/C12H24N2O2S/c1-14(11-5-2-3-6-11)12(9-13)7-4-8-17(15,16)10-12/h11H,2-10,13H2,1H3. The number of sulfone groups is 1. The van der Waals surface area contributed by atoms with Gasteiger partial charge in [-0.05, 0) is 32.7 Å². The molecule has 0 aromatic heterocycles. The van der Waals surface area contributed by atoms with E-state index in [1.807, 2.05) is 0 Å². The second kappa shape index (κ2) is 4.86. The summed E-state index contributed by atoms with van der Waals surface area (Å²) in [5.41, 5.74) is 5.62. The predicted octanol–water partition coefficient (Wildman–Crippen LogP) is 0.767. The van der Waals surface area contributed by atoms with Crippen LogP contribution in [0, 0.1) is 0 Å². The van der Waals surface area contributed by atoms with Crippen molar-refractivity contribution in [2.75, 3.05) is 25.1 Å². The molecule has 4 nitrogen and oxygen atoms in total. The van der Waals surface area contributed by atoms with Crippen LogP contribution < -0.4 is 5.73 Å². The Morgan fingerprint density at radius 2 is 1.94 bits per heavy atom. The molecule has 0 amide bonds. The van der Waals surface area contributed by atoms with Gasteiger partial charge in [-0.15, -0.1) is 0 Å². The van der Waals surface area contributed by atoms with Crippen molar-refractivity contribution in [3.63, 3.8) is 0 Å². The molecule has 17 heavy (non-hydrogen) atoms. The summed E-state index contributed by atoms with van der Waals surface area (Å²) in [7, 11) is -0.826. The third kappa shape index (κ3) is 2.66. The van der Waals surface area contributed by atoms with Gasteiger partial charge < -0.3 is 5.73 Å². The lowest BCUT2D eigenvalue weighted by Crippen LogP contribution is -2.61. The third-order valence-corrected chi connectivity index (χ3v) is 6.47. The van der Waals surface area contributed by atoms with Gasteiger partial charge in [-0.3, -0.25) is 4.90 Å². The minimum atomic E-state index is -2.90. The Balaban J connectivity index is 2.17. The number of likely N-dealkylation sites (N-methyl/N-ethyl adjacent to an activating group) is 1. The summed E-state index contributed by atoms with van der Waals surface area (Å²) in [6.45, 7) is 0.458. The van der Waals surface area contributed by atoms with E-state index in [9.17, 15) is 8.42 Å². The lowest BCUT2D eigenvalue weighted by molar-refractivity contribution is 0.0851. The Bertz CT molecular complexity index is 363. The van der Waals surface area contributed by atoms with Crippen LogP contribution in [0.2, 0.25) is 0 Å². The van der Waals surface area contributed by atoms with Gasteiger partial charge in [0.2, 0.25) is 0 Å². The molecule has 0 bridgehead atoms. The topological polar surface area (TPSA) is 63.4 Å². The molecule has 2 rings (SSSR count). The molecule has 1 aliphatic carbocycles. The molecule has 5 heteroatoms. The van der Waals surface area contributed by atoms with Crippen LogP contribution in [0.5, 0.6) is 0 Å². The van der Waals surface area contributed by atoms with Crippen LogP contribution >= 0.6 is 0 Å². The minimum absolute atomic E-state index is 0.253. The molecule has 0 aromatic rings. The van der Waals surface area contributed by atoms with Gasteiger partial charge in [-0.25, -0.2) is 8.42 Å². The van der Waals surface area contributed by atoms with Crippen molar-refractivity contribution in [3.8, 4) is 0 Å². The maximum atomic E-state index is 11.9. The maximum Gasteiger partial charge on any atom is 0.152 e. The summed E-state index contributed by atoms with van der Waals surface area (Å²) in [6.07, 6.45) is 6.60. The maximum absolute atomic E-state index is 11.9. The van der Waals surface area contributed by atoms with E-state index in [4.69, 9.17) is 5.73 Å². The Morgan fingerprint density at radius 1 is 1.29 bits per heavy atom. The molecule has 0 aromatic carbocycles. The predicted molar refractivity (Wildman–Crippen MR) is 69.7 cm³/mol. The normalized spacial score (nSPS) is 34.3. The van der Waals surface area contributed by atoms with Crippen molar-refractivity contribution in [3.05, 3.63) is 0 Å². The van der Waals surface area contributed by atoms with Crippen molar-refractivity contribution in [2.24, 2.45) is 5.73 Å². The molecule has 1 saturated heterocycles. The van der Waals surface area contributed by atoms with E-state index in [1.54, 1.807) is 0 Å². The first-order chi connectivity index (χ1) is 7.99. The first kappa shape index (κ1) is 13.3. The second-order valence-electron chi connectivity index (χ2n) is 5.67. The highest BCUT2D eigenvalue weighted by atomic mass is 32.2. The molecule has 2 aliphatic rings. The molecule has 1 atom stereocenters. The smallest absolute Gasteiger partial charge is 0.152 e. The van der Waals surface area contributed by atoms with Crippen molar-refractivity contribution >= 4 is 9.84 Å². The van der Waals surface area contributed by atoms with Crippen LogP contribution in [0.1, 0.15) is 38.5 Å². The second-order valence-corrected chi connectivity index (χ2v) is 7.86. The van der Waals surface area contributed by atoms with E-state index in [0.29, 0.717) is 18.3 Å². The zero-order valence-electron chi connectivity index (χ0n) is 10.7. The Kier molecular flexibility index (Phi) is 3.80. The van der Waals surface area contributed by atoms with Crippen molar-refractivity contribution in [1.82, 2.24) is 4.90 Å². The average Bonchev–Trinajstić information content (AvgIpc) is 2.79. The molecule has 1 heterocycles. The molecule has 2 fully saturated rings. The van der Waals surface area contributed by atoms with Crippen molar-refractivity contribution in [2.45, 2.75) is 50.1 Å². The van der Waals surface area contributed by atoms with E-state index in [2.05, 4.69) is 11.9 Å². The monoisotopic (exact) mass is 260 g/mol. The Hall–Kier alpha value is -0.130. The van der Waals surface area contributed by atoms with Crippen LogP contribution in [-0.2, 0) is 9.84 Å².